The summed E-state index contributed by atoms with van der Waals surface area (Å²) in [4.78, 5) is 13.2. The number of carbonyl (C=O) groups is 1. The second kappa shape index (κ2) is 5.19. The molecule has 19 heavy (non-hydrogen) atoms. The zero-order valence-electron chi connectivity index (χ0n) is 9.97. The quantitative estimate of drug-likeness (QED) is 0.798. The molecule has 1 heterocycles. The maximum Gasteiger partial charge on any atom is 0.237 e. The molecule has 1 aliphatic rings. The van der Waals surface area contributed by atoms with Crippen LogP contribution in [0.3, 0.4) is 0 Å². The molecule has 0 radical (unpaired) electrons. The van der Waals surface area contributed by atoms with Gasteiger partial charge in [0.1, 0.15) is 16.7 Å². The number of para-hydroxylation sites is 1. The fourth-order valence-corrected chi connectivity index (χ4v) is 3.30. The van der Waals surface area contributed by atoms with E-state index in [0.29, 0.717) is 16.5 Å². The van der Waals surface area contributed by atoms with Crippen molar-refractivity contribution < 1.29 is 17.9 Å². The van der Waals surface area contributed by atoms with Crippen molar-refractivity contribution in [1.82, 2.24) is 0 Å². The molecule has 1 fully saturated rings. The molecule has 2 rings (SSSR count). The van der Waals surface area contributed by atoms with Crippen LogP contribution in [0, 0.1) is 0 Å². The number of amides is 1. The third-order valence-electron chi connectivity index (χ3n) is 2.93. The van der Waals surface area contributed by atoms with Crippen LogP contribution in [0.15, 0.2) is 18.2 Å². The second-order valence-electron chi connectivity index (χ2n) is 4.10. The van der Waals surface area contributed by atoms with Crippen LogP contribution in [0.25, 0.3) is 0 Å². The summed E-state index contributed by atoms with van der Waals surface area (Å²) in [5.41, 5.74) is 0.375. The van der Waals surface area contributed by atoms with Gasteiger partial charge in [-0.15, -0.1) is 0 Å². The Hall–Kier alpha value is -0.980. The Morgan fingerprint density at radius 2 is 2.11 bits per heavy atom. The van der Waals surface area contributed by atoms with Gasteiger partial charge in [0, 0.05) is 23.6 Å². The van der Waals surface area contributed by atoms with E-state index >= 15 is 0 Å². The molecule has 0 bridgehead atoms. The van der Waals surface area contributed by atoms with Crippen LogP contribution >= 0.6 is 22.3 Å². The Kier molecular flexibility index (Phi) is 3.94. The van der Waals surface area contributed by atoms with Crippen molar-refractivity contribution in [3.05, 3.63) is 23.2 Å². The highest BCUT2D eigenvalue weighted by Crippen LogP contribution is 2.38. The van der Waals surface area contributed by atoms with Crippen molar-refractivity contribution in [2.45, 2.75) is 11.7 Å². The molecule has 1 aromatic rings. The van der Waals surface area contributed by atoms with Crippen LogP contribution in [-0.4, -0.2) is 33.2 Å². The number of rotatable bonds is 3. The summed E-state index contributed by atoms with van der Waals surface area (Å²) in [5, 5.41) is -0.608. The fourth-order valence-electron chi connectivity index (χ4n) is 2.00. The Bertz CT molecular complexity index is 617. The van der Waals surface area contributed by atoms with Crippen LogP contribution < -0.4 is 9.64 Å². The summed E-state index contributed by atoms with van der Waals surface area (Å²) >= 11 is 6.06. The first kappa shape index (κ1) is 14.4. The molecule has 1 aliphatic heterocycles. The molecule has 0 aliphatic carbocycles. The largest absolute Gasteiger partial charge is 0.495 e. The lowest BCUT2D eigenvalue weighted by Crippen LogP contribution is -2.27. The molecule has 5 nitrogen and oxygen atoms in total. The molecular formula is C11H11Cl2NO4S. The van der Waals surface area contributed by atoms with E-state index in [9.17, 15) is 13.2 Å². The summed E-state index contributed by atoms with van der Waals surface area (Å²) in [6, 6.07) is 4.94. The van der Waals surface area contributed by atoms with Gasteiger partial charge in [-0.2, -0.15) is 0 Å². The lowest BCUT2D eigenvalue weighted by atomic mass is 10.2. The normalized spacial score (nSPS) is 19.8. The van der Waals surface area contributed by atoms with Crippen molar-refractivity contribution in [3.63, 3.8) is 0 Å². The Labute approximate surface area is 120 Å². The third kappa shape index (κ3) is 2.80. The monoisotopic (exact) mass is 323 g/mol. The topological polar surface area (TPSA) is 63.7 Å². The first-order chi connectivity index (χ1) is 8.84. The van der Waals surface area contributed by atoms with Gasteiger partial charge in [-0.25, -0.2) is 8.42 Å². The molecule has 0 aromatic heterocycles. The Balaban J connectivity index is 2.41. The number of nitrogens with zero attached hydrogens (tertiary/aromatic N) is 1. The van der Waals surface area contributed by atoms with Crippen LogP contribution in [0.2, 0.25) is 5.02 Å². The zero-order valence-corrected chi connectivity index (χ0v) is 12.3. The van der Waals surface area contributed by atoms with Gasteiger partial charge in [-0.1, -0.05) is 17.7 Å². The maximum absolute atomic E-state index is 11.9. The molecule has 1 saturated heterocycles. The SMILES string of the molecule is COc1cccc(Cl)c1N1CC(S(=O)(=O)Cl)CC1=O. The van der Waals surface area contributed by atoms with Crippen LogP contribution in [0.4, 0.5) is 5.69 Å². The molecule has 0 spiro atoms. The minimum Gasteiger partial charge on any atom is -0.495 e. The van der Waals surface area contributed by atoms with Crippen molar-refractivity contribution >= 4 is 42.9 Å². The smallest absolute Gasteiger partial charge is 0.237 e. The summed E-state index contributed by atoms with van der Waals surface area (Å²) in [6.07, 6.45) is -0.153. The molecule has 1 unspecified atom stereocenters. The van der Waals surface area contributed by atoms with E-state index in [1.165, 1.54) is 12.0 Å². The molecule has 0 N–H and O–H groups in total. The molecule has 0 saturated carbocycles. The number of anilines is 1. The van der Waals surface area contributed by atoms with Gasteiger partial charge in [0.25, 0.3) is 0 Å². The number of hydrogen-bond acceptors (Lipinski definition) is 4. The summed E-state index contributed by atoms with van der Waals surface area (Å²) in [7, 11) is 2.97. The standard InChI is InChI=1S/C11H11Cl2NO4S/c1-18-9-4-2-3-8(12)11(9)14-6-7(5-10(14)15)19(13,16)17/h2-4,7H,5-6H2,1H3. The number of hydrogen-bond donors (Lipinski definition) is 0. The predicted molar refractivity (Wildman–Crippen MR) is 73.5 cm³/mol. The highest BCUT2D eigenvalue weighted by atomic mass is 35.7. The van der Waals surface area contributed by atoms with E-state index in [4.69, 9.17) is 27.0 Å². The second-order valence-corrected chi connectivity index (χ2v) is 7.41. The van der Waals surface area contributed by atoms with Gasteiger partial charge in [-0.05, 0) is 12.1 Å². The molecular weight excluding hydrogens is 313 g/mol. The van der Waals surface area contributed by atoms with Gasteiger partial charge >= 0.3 is 0 Å². The predicted octanol–water partition coefficient (Wildman–Crippen LogP) is 2.02. The van der Waals surface area contributed by atoms with E-state index in [1.807, 2.05) is 0 Å². The number of benzene rings is 1. The van der Waals surface area contributed by atoms with Gasteiger partial charge in [-0.3, -0.25) is 4.79 Å². The van der Waals surface area contributed by atoms with E-state index in [1.54, 1.807) is 18.2 Å². The summed E-state index contributed by atoms with van der Waals surface area (Å²) in [6.45, 7) is -0.0231. The number of halogens is 2. The van der Waals surface area contributed by atoms with Gasteiger partial charge < -0.3 is 9.64 Å². The Morgan fingerprint density at radius 1 is 1.42 bits per heavy atom. The molecule has 104 valence electrons. The lowest BCUT2D eigenvalue weighted by molar-refractivity contribution is -0.117. The van der Waals surface area contributed by atoms with E-state index in [0.717, 1.165) is 0 Å². The van der Waals surface area contributed by atoms with Crippen LogP contribution in [-0.2, 0) is 13.8 Å². The lowest BCUT2D eigenvalue weighted by Gasteiger charge is -2.20. The van der Waals surface area contributed by atoms with Gasteiger partial charge in [0.05, 0.1) is 12.1 Å². The zero-order chi connectivity index (χ0) is 14.2. The summed E-state index contributed by atoms with van der Waals surface area (Å²) < 4.78 is 27.8. The van der Waals surface area contributed by atoms with Crippen molar-refractivity contribution in [2.75, 3.05) is 18.6 Å². The highest BCUT2D eigenvalue weighted by molar-refractivity contribution is 8.14. The fraction of sp³-hybridized carbons (Fsp3) is 0.364. The third-order valence-corrected chi connectivity index (χ3v) is 5.10. The van der Waals surface area contributed by atoms with Crippen molar-refractivity contribution in [1.29, 1.82) is 0 Å². The Morgan fingerprint density at radius 3 is 2.63 bits per heavy atom. The highest BCUT2D eigenvalue weighted by Gasteiger charge is 2.39. The first-order valence-corrected chi connectivity index (χ1v) is 8.16. The minimum atomic E-state index is -3.78. The maximum atomic E-state index is 11.9. The van der Waals surface area contributed by atoms with E-state index < -0.39 is 14.3 Å². The number of ether oxygens (including phenoxy) is 1. The first-order valence-electron chi connectivity index (χ1n) is 5.41. The number of carbonyl (C=O) groups excluding carboxylic acids is 1. The van der Waals surface area contributed by atoms with Crippen LogP contribution in [0.5, 0.6) is 5.75 Å². The van der Waals surface area contributed by atoms with E-state index in [2.05, 4.69) is 0 Å². The average molecular weight is 324 g/mol. The molecule has 1 amide bonds. The summed E-state index contributed by atoms with van der Waals surface area (Å²) in [5.74, 6) is 0.0640. The average Bonchev–Trinajstić information content (AvgIpc) is 2.70. The van der Waals surface area contributed by atoms with Crippen LogP contribution in [0.1, 0.15) is 6.42 Å². The van der Waals surface area contributed by atoms with Crippen molar-refractivity contribution in [3.8, 4) is 5.75 Å². The van der Waals surface area contributed by atoms with E-state index in [-0.39, 0.29) is 18.9 Å². The molecule has 1 aromatic carbocycles. The molecule has 1 atom stereocenters. The van der Waals surface area contributed by atoms with Gasteiger partial charge in [0.2, 0.25) is 15.0 Å². The minimum absolute atomic E-state index is 0.0231. The van der Waals surface area contributed by atoms with Crippen molar-refractivity contribution in [2.24, 2.45) is 0 Å². The molecule has 8 heteroatoms. The van der Waals surface area contributed by atoms with Gasteiger partial charge in [0.15, 0.2) is 0 Å². The number of methoxy groups -OCH3 is 1.